The van der Waals surface area contributed by atoms with Crippen LogP contribution in [0.5, 0.6) is 5.75 Å². The second-order valence-corrected chi connectivity index (χ2v) is 7.96. The molecule has 6 nitrogen and oxygen atoms in total. The number of ether oxygens (including phenoxy) is 1. The average molecular weight is 361 g/mol. The van der Waals surface area contributed by atoms with Gasteiger partial charge in [-0.2, -0.15) is 0 Å². The first-order valence-electron chi connectivity index (χ1n) is 9.23. The molecule has 0 bridgehead atoms. The lowest BCUT2D eigenvalue weighted by molar-refractivity contribution is -0.128. The SMILES string of the molecule is CCNC(=NCC(C)(C)C(=O)NC)NC1CC(C)(C)Oc2ccccc21. The summed E-state index contributed by atoms with van der Waals surface area (Å²) in [6, 6.07) is 8.19. The van der Waals surface area contributed by atoms with Crippen LogP contribution in [-0.2, 0) is 4.79 Å². The molecular weight excluding hydrogens is 328 g/mol. The van der Waals surface area contributed by atoms with Gasteiger partial charge in [-0.05, 0) is 40.7 Å². The number of nitrogens with zero attached hydrogens (tertiary/aromatic N) is 1. The third kappa shape index (κ3) is 4.90. The lowest BCUT2D eigenvalue weighted by Crippen LogP contribution is -2.46. The highest BCUT2D eigenvalue weighted by molar-refractivity contribution is 5.83. The van der Waals surface area contributed by atoms with Crippen molar-refractivity contribution in [3.63, 3.8) is 0 Å². The predicted molar refractivity (Wildman–Crippen MR) is 105 cm³/mol. The number of hydrogen-bond acceptors (Lipinski definition) is 3. The van der Waals surface area contributed by atoms with Crippen LogP contribution < -0.4 is 20.7 Å². The number of nitrogens with one attached hydrogen (secondary N) is 3. The molecule has 0 saturated carbocycles. The Kier molecular flexibility index (Phi) is 6.16. The van der Waals surface area contributed by atoms with E-state index in [0.717, 1.165) is 24.3 Å². The third-order valence-electron chi connectivity index (χ3n) is 4.51. The van der Waals surface area contributed by atoms with Crippen molar-refractivity contribution in [2.24, 2.45) is 10.4 Å². The van der Waals surface area contributed by atoms with E-state index in [4.69, 9.17) is 4.74 Å². The lowest BCUT2D eigenvalue weighted by Gasteiger charge is -2.38. The number of hydrogen-bond donors (Lipinski definition) is 3. The van der Waals surface area contributed by atoms with Gasteiger partial charge in [-0.15, -0.1) is 0 Å². The molecule has 0 radical (unpaired) electrons. The molecule has 1 aliphatic heterocycles. The second kappa shape index (κ2) is 7.98. The second-order valence-electron chi connectivity index (χ2n) is 7.96. The van der Waals surface area contributed by atoms with E-state index >= 15 is 0 Å². The van der Waals surface area contributed by atoms with Crippen molar-refractivity contribution < 1.29 is 9.53 Å². The highest BCUT2D eigenvalue weighted by Gasteiger charge is 2.34. The van der Waals surface area contributed by atoms with Gasteiger partial charge in [0.05, 0.1) is 18.0 Å². The van der Waals surface area contributed by atoms with Crippen molar-refractivity contribution in [2.75, 3.05) is 20.1 Å². The van der Waals surface area contributed by atoms with Gasteiger partial charge in [0.2, 0.25) is 5.91 Å². The highest BCUT2D eigenvalue weighted by atomic mass is 16.5. The third-order valence-corrected chi connectivity index (χ3v) is 4.51. The summed E-state index contributed by atoms with van der Waals surface area (Å²) in [6.07, 6.45) is 0.827. The van der Waals surface area contributed by atoms with Gasteiger partial charge in [-0.3, -0.25) is 9.79 Å². The zero-order chi connectivity index (χ0) is 19.4. The number of rotatable bonds is 5. The Morgan fingerprint density at radius 3 is 2.69 bits per heavy atom. The maximum Gasteiger partial charge on any atom is 0.227 e. The normalized spacial score (nSPS) is 19.2. The summed E-state index contributed by atoms with van der Waals surface area (Å²) in [5, 5.41) is 9.51. The number of carbonyl (C=O) groups is 1. The molecule has 1 aromatic carbocycles. The minimum atomic E-state index is -0.566. The van der Waals surface area contributed by atoms with Crippen LogP contribution in [-0.4, -0.2) is 37.6 Å². The largest absolute Gasteiger partial charge is 0.487 e. The van der Waals surface area contributed by atoms with Crippen LogP contribution in [0.1, 0.15) is 52.6 Å². The van der Waals surface area contributed by atoms with Crippen LogP contribution in [0, 0.1) is 5.41 Å². The fourth-order valence-corrected chi connectivity index (χ4v) is 3.10. The van der Waals surface area contributed by atoms with E-state index in [9.17, 15) is 4.79 Å². The van der Waals surface area contributed by atoms with Crippen molar-refractivity contribution in [1.82, 2.24) is 16.0 Å². The van der Waals surface area contributed by atoms with E-state index in [2.05, 4.69) is 40.9 Å². The van der Waals surface area contributed by atoms with E-state index in [1.165, 1.54) is 0 Å². The smallest absolute Gasteiger partial charge is 0.227 e. The molecule has 26 heavy (non-hydrogen) atoms. The fraction of sp³-hybridized carbons (Fsp3) is 0.600. The maximum atomic E-state index is 12.0. The predicted octanol–water partition coefficient (Wildman–Crippen LogP) is 2.62. The molecule has 2 rings (SSSR count). The van der Waals surface area contributed by atoms with Gasteiger partial charge in [0, 0.05) is 25.6 Å². The van der Waals surface area contributed by atoms with Gasteiger partial charge < -0.3 is 20.7 Å². The molecule has 3 N–H and O–H groups in total. The summed E-state index contributed by atoms with van der Waals surface area (Å²) in [6.45, 7) is 11.2. The number of para-hydroxylation sites is 1. The first kappa shape index (κ1) is 20.1. The van der Waals surface area contributed by atoms with E-state index in [1.807, 2.05) is 39.0 Å². The average Bonchev–Trinajstić information content (AvgIpc) is 2.58. The van der Waals surface area contributed by atoms with E-state index in [1.54, 1.807) is 7.05 Å². The van der Waals surface area contributed by atoms with Crippen molar-refractivity contribution in [2.45, 2.75) is 52.7 Å². The van der Waals surface area contributed by atoms with E-state index < -0.39 is 5.41 Å². The Hall–Kier alpha value is -2.24. The molecular formula is C20H32N4O2. The standard InChI is InChI=1S/C20H32N4O2/c1-7-22-18(23-13-19(2,3)17(25)21-6)24-15-12-20(4,5)26-16-11-9-8-10-14(15)16/h8-11,15H,7,12-13H2,1-6H3,(H,21,25)(H2,22,23,24). The lowest BCUT2D eigenvalue weighted by atomic mass is 9.90. The summed E-state index contributed by atoms with van der Waals surface area (Å²) in [5.41, 5.74) is 0.303. The number of fused-ring (bicyclic) bond motifs is 1. The molecule has 1 atom stereocenters. The minimum absolute atomic E-state index is 0.0188. The van der Waals surface area contributed by atoms with E-state index in [0.29, 0.717) is 12.5 Å². The van der Waals surface area contributed by atoms with Crippen LogP contribution in [0.3, 0.4) is 0 Å². The molecule has 1 aliphatic rings. The number of benzene rings is 1. The van der Waals surface area contributed by atoms with Crippen LogP contribution in [0.25, 0.3) is 0 Å². The van der Waals surface area contributed by atoms with Gasteiger partial charge in [0.15, 0.2) is 5.96 Å². The van der Waals surface area contributed by atoms with Crippen LogP contribution >= 0.6 is 0 Å². The summed E-state index contributed by atoms with van der Waals surface area (Å²) in [7, 11) is 1.65. The van der Waals surface area contributed by atoms with E-state index in [-0.39, 0.29) is 17.6 Å². The van der Waals surface area contributed by atoms with Gasteiger partial charge in [-0.1, -0.05) is 18.2 Å². The van der Waals surface area contributed by atoms with Gasteiger partial charge in [-0.25, -0.2) is 0 Å². The molecule has 1 unspecified atom stereocenters. The molecule has 0 spiro atoms. The molecule has 0 aromatic heterocycles. The van der Waals surface area contributed by atoms with Crippen molar-refractivity contribution in [1.29, 1.82) is 0 Å². The topological polar surface area (TPSA) is 74.8 Å². The zero-order valence-electron chi connectivity index (χ0n) is 16.8. The van der Waals surface area contributed by atoms with Gasteiger partial charge in [0.1, 0.15) is 11.4 Å². The monoisotopic (exact) mass is 360 g/mol. The van der Waals surface area contributed by atoms with Crippen LogP contribution in [0.15, 0.2) is 29.3 Å². The molecule has 0 fully saturated rings. The van der Waals surface area contributed by atoms with Gasteiger partial charge in [0.25, 0.3) is 0 Å². The highest BCUT2D eigenvalue weighted by Crippen LogP contribution is 2.39. The fourth-order valence-electron chi connectivity index (χ4n) is 3.10. The number of guanidine groups is 1. The molecule has 6 heteroatoms. The van der Waals surface area contributed by atoms with Crippen LogP contribution in [0.2, 0.25) is 0 Å². The maximum absolute atomic E-state index is 12.0. The zero-order valence-corrected chi connectivity index (χ0v) is 16.8. The quantitative estimate of drug-likeness (QED) is 0.557. The summed E-state index contributed by atoms with van der Waals surface area (Å²) in [4.78, 5) is 16.7. The Morgan fingerprint density at radius 2 is 2.04 bits per heavy atom. The molecule has 1 amide bonds. The molecule has 1 heterocycles. The van der Waals surface area contributed by atoms with Crippen molar-refractivity contribution in [3.8, 4) is 5.75 Å². The summed E-state index contributed by atoms with van der Waals surface area (Å²) in [5.74, 6) is 1.60. The Morgan fingerprint density at radius 1 is 1.35 bits per heavy atom. The summed E-state index contributed by atoms with van der Waals surface area (Å²) < 4.78 is 6.10. The first-order chi connectivity index (χ1) is 12.2. The van der Waals surface area contributed by atoms with Crippen molar-refractivity contribution >= 4 is 11.9 Å². The van der Waals surface area contributed by atoms with Crippen LogP contribution in [0.4, 0.5) is 0 Å². The first-order valence-corrected chi connectivity index (χ1v) is 9.23. The molecule has 0 saturated heterocycles. The minimum Gasteiger partial charge on any atom is -0.487 e. The molecule has 144 valence electrons. The molecule has 0 aliphatic carbocycles. The number of amides is 1. The Bertz CT molecular complexity index is 668. The number of aliphatic imine (C=N–C) groups is 1. The Labute approximate surface area is 156 Å². The van der Waals surface area contributed by atoms with Crippen molar-refractivity contribution in [3.05, 3.63) is 29.8 Å². The Balaban J connectivity index is 2.21. The number of carbonyl (C=O) groups excluding carboxylic acids is 1. The van der Waals surface area contributed by atoms with Gasteiger partial charge >= 0.3 is 0 Å². The summed E-state index contributed by atoms with van der Waals surface area (Å²) >= 11 is 0. The molecule has 1 aromatic rings.